The van der Waals surface area contributed by atoms with E-state index < -0.39 is 6.10 Å². The maximum atomic E-state index is 10.3. The van der Waals surface area contributed by atoms with Crippen LogP contribution >= 0.6 is 0 Å². The fourth-order valence-corrected chi connectivity index (χ4v) is 6.65. The molecule has 0 aromatic heterocycles. The third kappa shape index (κ3) is 6.41. The molecule has 0 saturated heterocycles. The highest BCUT2D eigenvalue weighted by molar-refractivity contribution is 5.38. The van der Waals surface area contributed by atoms with Gasteiger partial charge in [0.15, 0.2) is 0 Å². The number of ether oxygens (including phenoxy) is 2. The third-order valence-corrected chi connectivity index (χ3v) is 8.92. The van der Waals surface area contributed by atoms with Crippen LogP contribution in [0.3, 0.4) is 0 Å². The van der Waals surface area contributed by atoms with Crippen LogP contribution in [0, 0.1) is 11.8 Å². The largest absolute Gasteiger partial charge is 0.498 e. The van der Waals surface area contributed by atoms with Gasteiger partial charge >= 0.3 is 0 Å². The lowest BCUT2D eigenvalue weighted by atomic mass is 9.77. The van der Waals surface area contributed by atoms with E-state index in [-0.39, 0.29) is 6.10 Å². The zero-order valence-corrected chi connectivity index (χ0v) is 22.8. The SMILES string of the molecule is CC=CC(O)c1ccc2c(c1)CCOC2CCOC1=CC=C2CCC(NCC3CCCCC3)=C(C)C2C1. The summed E-state index contributed by atoms with van der Waals surface area (Å²) in [6.45, 7) is 6.79. The molecule has 1 saturated carbocycles. The van der Waals surface area contributed by atoms with Gasteiger partial charge in [0, 0.05) is 31.0 Å². The summed E-state index contributed by atoms with van der Waals surface area (Å²) in [5.41, 5.74) is 8.05. The first-order valence-electron chi connectivity index (χ1n) is 14.6. The smallest absolute Gasteiger partial charge is 0.0971 e. The zero-order chi connectivity index (χ0) is 25.6. The number of aliphatic hydroxyl groups excluding tert-OH is 1. The molecule has 3 aliphatic carbocycles. The van der Waals surface area contributed by atoms with E-state index in [4.69, 9.17) is 9.47 Å². The molecule has 2 N–H and O–H groups in total. The van der Waals surface area contributed by atoms with Crippen LogP contribution in [0.1, 0.15) is 101 Å². The molecular weight excluding hydrogens is 458 g/mol. The molecule has 4 heteroatoms. The van der Waals surface area contributed by atoms with Crippen molar-refractivity contribution in [1.82, 2.24) is 5.32 Å². The first kappa shape index (κ1) is 26.3. The van der Waals surface area contributed by atoms with E-state index in [1.54, 1.807) is 5.57 Å². The predicted octanol–water partition coefficient (Wildman–Crippen LogP) is 7.38. The second-order valence-electron chi connectivity index (χ2n) is 11.4. The van der Waals surface area contributed by atoms with Gasteiger partial charge < -0.3 is 19.9 Å². The monoisotopic (exact) mass is 503 g/mol. The van der Waals surface area contributed by atoms with Crippen LogP contribution in [0.2, 0.25) is 0 Å². The van der Waals surface area contributed by atoms with Gasteiger partial charge in [0.05, 0.1) is 31.2 Å². The Labute approximate surface area is 223 Å². The van der Waals surface area contributed by atoms with Gasteiger partial charge in [-0.15, -0.1) is 0 Å². The lowest BCUT2D eigenvalue weighted by molar-refractivity contribution is 0.0201. The molecule has 1 aliphatic heterocycles. The van der Waals surface area contributed by atoms with Crippen molar-refractivity contribution in [2.24, 2.45) is 11.8 Å². The quantitative estimate of drug-likeness (QED) is 0.345. The van der Waals surface area contributed by atoms with Gasteiger partial charge in [-0.2, -0.15) is 0 Å². The number of fused-ring (bicyclic) bond motifs is 2. The van der Waals surface area contributed by atoms with Crippen molar-refractivity contribution >= 4 is 0 Å². The summed E-state index contributed by atoms with van der Waals surface area (Å²) < 4.78 is 12.5. The van der Waals surface area contributed by atoms with Gasteiger partial charge in [0.1, 0.15) is 0 Å². The van der Waals surface area contributed by atoms with Gasteiger partial charge in [-0.1, -0.05) is 61.3 Å². The molecule has 3 atom stereocenters. The van der Waals surface area contributed by atoms with Crippen LogP contribution in [0.25, 0.3) is 0 Å². The van der Waals surface area contributed by atoms with Crippen molar-refractivity contribution in [3.05, 3.63) is 81.8 Å². The zero-order valence-electron chi connectivity index (χ0n) is 22.8. The predicted molar refractivity (Wildman–Crippen MR) is 150 cm³/mol. The molecule has 1 fully saturated rings. The van der Waals surface area contributed by atoms with Crippen LogP contribution in [-0.4, -0.2) is 24.9 Å². The van der Waals surface area contributed by atoms with Crippen LogP contribution in [0.5, 0.6) is 0 Å². The van der Waals surface area contributed by atoms with E-state index in [2.05, 4.69) is 36.5 Å². The number of hydrogen-bond donors (Lipinski definition) is 2. The summed E-state index contributed by atoms with van der Waals surface area (Å²) in [5, 5.41) is 14.2. The van der Waals surface area contributed by atoms with E-state index in [9.17, 15) is 5.11 Å². The summed E-state index contributed by atoms with van der Waals surface area (Å²) in [6.07, 6.45) is 19.8. The molecule has 1 heterocycles. The normalized spacial score (nSPS) is 25.3. The van der Waals surface area contributed by atoms with Gasteiger partial charge in [0.2, 0.25) is 0 Å². The second-order valence-corrected chi connectivity index (χ2v) is 11.4. The van der Waals surface area contributed by atoms with E-state index in [0.717, 1.165) is 62.5 Å². The van der Waals surface area contributed by atoms with E-state index in [1.807, 2.05) is 25.1 Å². The van der Waals surface area contributed by atoms with Crippen LogP contribution < -0.4 is 5.32 Å². The van der Waals surface area contributed by atoms with Crippen molar-refractivity contribution < 1.29 is 14.6 Å². The van der Waals surface area contributed by atoms with Gasteiger partial charge in [-0.3, -0.25) is 0 Å². The van der Waals surface area contributed by atoms with Crippen molar-refractivity contribution in [2.45, 2.75) is 90.3 Å². The molecule has 37 heavy (non-hydrogen) atoms. The van der Waals surface area contributed by atoms with Gasteiger partial charge in [0.25, 0.3) is 0 Å². The number of aliphatic hydroxyl groups is 1. The Kier molecular flexibility index (Phi) is 8.89. The summed E-state index contributed by atoms with van der Waals surface area (Å²) in [6, 6.07) is 6.30. The summed E-state index contributed by atoms with van der Waals surface area (Å²) in [4.78, 5) is 0. The third-order valence-electron chi connectivity index (χ3n) is 8.92. The van der Waals surface area contributed by atoms with Crippen molar-refractivity contribution in [3.8, 4) is 0 Å². The molecule has 0 bridgehead atoms. The summed E-state index contributed by atoms with van der Waals surface area (Å²) in [5.74, 6) is 2.44. The van der Waals surface area contributed by atoms with Gasteiger partial charge in [-0.25, -0.2) is 0 Å². The Bertz CT molecular complexity index is 1060. The highest BCUT2D eigenvalue weighted by Gasteiger charge is 2.28. The number of hydrogen-bond acceptors (Lipinski definition) is 4. The van der Waals surface area contributed by atoms with Crippen molar-refractivity contribution in [1.29, 1.82) is 0 Å². The van der Waals surface area contributed by atoms with Crippen molar-refractivity contribution in [3.63, 3.8) is 0 Å². The molecule has 0 amide bonds. The maximum Gasteiger partial charge on any atom is 0.0971 e. The number of benzene rings is 1. The minimum absolute atomic E-state index is 0.0545. The van der Waals surface area contributed by atoms with E-state index >= 15 is 0 Å². The molecule has 4 aliphatic rings. The Hall–Kier alpha value is -2.30. The minimum Gasteiger partial charge on any atom is -0.498 e. The molecule has 1 aromatic rings. The standard InChI is InChI=1S/C33H45NO3/c1-3-7-32(35)27-11-14-29-26(20-27)16-18-37-33(29)17-19-36-28-13-10-25-12-15-31(23(2)30(25)21-28)34-22-24-8-5-4-6-9-24/h3,7,10-11,13-14,20,24,30,32-35H,4-6,8-9,12,15-19,21-22H2,1-2H3. The van der Waals surface area contributed by atoms with Gasteiger partial charge in [-0.05, 0) is 80.2 Å². The molecule has 1 aromatic carbocycles. The topological polar surface area (TPSA) is 50.7 Å². The lowest BCUT2D eigenvalue weighted by Crippen LogP contribution is -2.29. The van der Waals surface area contributed by atoms with Crippen LogP contribution in [0.15, 0.2) is 65.1 Å². The average Bonchev–Trinajstić information content (AvgIpc) is 2.93. The number of nitrogens with one attached hydrogen (secondary N) is 1. The van der Waals surface area contributed by atoms with Crippen LogP contribution in [-0.2, 0) is 15.9 Å². The average molecular weight is 504 g/mol. The Morgan fingerprint density at radius 2 is 2.00 bits per heavy atom. The fraction of sp³-hybridized carbons (Fsp3) is 0.576. The molecular formula is C33H45NO3. The van der Waals surface area contributed by atoms with E-state index in [1.165, 1.54) is 54.5 Å². The second kappa shape index (κ2) is 12.5. The summed E-state index contributed by atoms with van der Waals surface area (Å²) >= 11 is 0. The Morgan fingerprint density at radius 3 is 2.84 bits per heavy atom. The fourth-order valence-electron chi connectivity index (χ4n) is 6.65. The lowest BCUT2D eigenvalue weighted by Gasteiger charge is -2.34. The molecule has 3 unspecified atom stereocenters. The molecule has 200 valence electrons. The Balaban J connectivity index is 1.15. The van der Waals surface area contributed by atoms with E-state index in [0.29, 0.717) is 12.5 Å². The highest BCUT2D eigenvalue weighted by atomic mass is 16.5. The highest BCUT2D eigenvalue weighted by Crippen LogP contribution is 2.40. The first-order chi connectivity index (χ1) is 18.1. The molecule has 4 nitrogen and oxygen atoms in total. The number of allylic oxidation sites excluding steroid dienone is 7. The molecule has 5 rings (SSSR count). The molecule has 0 spiro atoms. The molecule has 0 radical (unpaired) electrons. The first-order valence-corrected chi connectivity index (χ1v) is 14.6. The van der Waals surface area contributed by atoms with Crippen LogP contribution in [0.4, 0.5) is 0 Å². The number of rotatable bonds is 9. The van der Waals surface area contributed by atoms with Crippen molar-refractivity contribution in [2.75, 3.05) is 19.8 Å². The summed E-state index contributed by atoms with van der Waals surface area (Å²) in [7, 11) is 0. The minimum atomic E-state index is -0.545. The Morgan fingerprint density at radius 1 is 1.14 bits per heavy atom. The maximum absolute atomic E-state index is 10.3.